The molecule has 3 N–H and O–H groups in total. The van der Waals surface area contributed by atoms with Gasteiger partial charge in [0, 0.05) is 52.3 Å². The van der Waals surface area contributed by atoms with Gasteiger partial charge >= 0.3 is 12.1 Å². The van der Waals surface area contributed by atoms with Crippen LogP contribution < -0.4 is 20.7 Å². The number of nitrogens with one attached hydrogen (secondary N) is 3. The summed E-state index contributed by atoms with van der Waals surface area (Å²) in [5.41, 5.74) is 3.59. The van der Waals surface area contributed by atoms with E-state index in [2.05, 4.69) is 27.0 Å². The molecule has 0 saturated heterocycles. The lowest BCUT2D eigenvalue weighted by Crippen LogP contribution is -2.32. The first-order chi connectivity index (χ1) is 23.5. The zero-order chi connectivity index (χ0) is 34.7. The number of rotatable bonds is 9. The molecular formula is C37H38N4O7S. The van der Waals surface area contributed by atoms with Crippen molar-refractivity contribution in [3.05, 3.63) is 88.1 Å². The Kier molecular flexibility index (Phi) is 9.68. The number of thiophene rings is 1. The highest BCUT2D eigenvalue weighted by Crippen LogP contribution is 2.43. The quantitative estimate of drug-likeness (QED) is 0.167. The van der Waals surface area contributed by atoms with Crippen molar-refractivity contribution in [3.8, 4) is 27.3 Å². The van der Waals surface area contributed by atoms with Gasteiger partial charge in [-0.1, -0.05) is 12.1 Å². The van der Waals surface area contributed by atoms with Crippen LogP contribution in [0.1, 0.15) is 76.1 Å². The molecule has 4 aromatic rings. The van der Waals surface area contributed by atoms with Gasteiger partial charge in [-0.25, -0.2) is 14.6 Å². The molecule has 0 unspecified atom stereocenters. The predicted octanol–water partition coefficient (Wildman–Crippen LogP) is 6.62. The van der Waals surface area contributed by atoms with Crippen molar-refractivity contribution in [2.45, 2.75) is 52.2 Å². The summed E-state index contributed by atoms with van der Waals surface area (Å²) in [5, 5.41) is 10.6. The number of hydrogen-bond donors (Lipinski definition) is 3. The fourth-order valence-corrected chi connectivity index (χ4v) is 6.40. The molecule has 1 aliphatic heterocycles. The molecule has 2 aliphatic rings. The van der Waals surface area contributed by atoms with Crippen LogP contribution >= 0.6 is 11.3 Å². The number of amides is 3. The minimum Gasteiger partial charge on any atom is -0.493 e. The molecule has 0 radical (unpaired) electrons. The van der Waals surface area contributed by atoms with E-state index >= 15 is 0 Å². The summed E-state index contributed by atoms with van der Waals surface area (Å²) in [6, 6.07) is 15.8. The number of hydrogen-bond acceptors (Lipinski definition) is 9. The predicted molar refractivity (Wildman–Crippen MR) is 186 cm³/mol. The number of ether oxygens (including phenoxy) is 3. The first-order valence-corrected chi connectivity index (χ1v) is 17.0. The third-order valence-corrected chi connectivity index (χ3v) is 9.07. The Balaban J connectivity index is 1.34. The number of esters is 1. The lowest BCUT2D eigenvalue weighted by atomic mass is 9.93. The van der Waals surface area contributed by atoms with Gasteiger partial charge in [0.05, 0.1) is 13.7 Å². The molecule has 49 heavy (non-hydrogen) atoms. The summed E-state index contributed by atoms with van der Waals surface area (Å²) in [5.74, 6) is -0.525. The van der Waals surface area contributed by atoms with E-state index in [0.29, 0.717) is 48.1 Å². The average Bonchev–Trinajstić information content (AvgIpc) is 3.83. The van der Waals surface area contributed by atoms with Crippen molar-refractivity contribution in [3.63, 3.8) is 0 Å². The van der Waals surface area contributed by atoms with Gasteiger partial charge in [0.1, 0.15) is 17.0 Å². The normalized spacial score (nSPS) is 13.6. The molecule has 3 amide bonds. The summed E-state index contributed by atoms with van der Waals surface area (Å²) in [7, 11) is 1.24. The van der Waals surface area contributed by atoms with Crippen LogP contribution in [0.5, 0.6) is 5.75 Å². The van der Waals surface area contributed by atoms with Gasteiger partial charge in [-0.3, -0.25) is 9.59 Å². The molecule has 11 nitrogen and oxygen atoms in total. The Labute approximate surface area is 288 Å². The topological polar surface area (TPSA) is 145 Å². The number of aromatic nitrogens is 1. The molecule has 12 heteroatoms. The molecular weight excluding hydrogens is 644 g/mol. The number of carbonyl (C=O) groups is 4. The van der Waals surface area contributed by atoms with Crippen LogP contribution in [0.15, 0.2) is 60.0 Å². The van der Waals surface area contributed by atoms with Gasteiger partial charge in [0.25, 0.3) is 11.8 Å². The van der Waals surface area contributed by atoms with E-state index in [9.17, 15) is 19.2 Å². The first-order valence-electron chi connectivity index (χ1n) is 16.1. The van der Waals surface area contributed by atoms with E-state index < -0.39 is 23.6 Å². The van der Waals surface area contributed by atoms with E-state index in [-0.39, 0.29) is 29.4 Å². The molecule has 6 rings (SSSR count). The summed E-state index contributed by atoms with van der Waals surface area (Å²) in [4.78, 5) is 57.6. The van der Waals surface area contributed by atoms with Crippen LogP contribution in [-0.4, -0.2) is 54.7 Å². The minimum absolute atomic E-state index is 0.0753. The van der Waals surface area contributed by atoms with Gasteiger partial charge in [-0.15, -0.1) is 11.3 Å². The molecule has 0 atom stereocenters. The fraction of sp³-hybridized carbons (Fsp3) is 0.324. The van der Waals surface area contributed by atoms with E-state index in [1.165, 1.54) is 7.11 Å². The number of fused-ring (bicyclic) bond motifs is 3. The van der Waals surface area contributed by atoms with Gasteiger partial charge in [-0.2, -0.15) is 0 Å². The van der Waals surface area contributed by atoms with Crippen molar-refractivity contribution < 1.29 is 33.4 Å². The molecule has 254 valence electrons. The maximum Gasteiger partial charge on any atom is 0.407 e. The summed E-state index contributed by atoms with van der Waals surface area (Å²) in [6.07, 6.45) is 2.34. The van der Waals surface area contributed by atoms with Crippen molar-refractivity contribution in [1.82, 2.24) is 15.6 Å². The Morgan fingerprint density at radius 3 is 2.43 bits per heavy atom. The minimum atomic E-state index is -0.745. The molecule has 2 aromatic carbocycles. The van der Waals surface area contributed by atoms with Crippen LogP contribution in [0.25, 0.3) is 21.6 Å². The Morgan fingerprint density at radius 1 is 0.939 bits per heavy atom. The second-order valence-electron chi connectivity index (χ2n) is 13.0. The van der Waals surface area contributed by atoms with E-state index in [1.54, 1.807) is 80.6 Å². The van der Waals surface area contributed by atoms with Crippen LogP contribution in [0.3, 0.4) is 0 Å². The number of alkyl carbamates (subject to hydrolysis) is 1. The van der Waals surface area contributed by atoms with Gasteiger partial charge in [0.2, 0.25) is 0 Å². The number of carbonyl (C=O) groups excluding carboxylic acids is 4. The highest BCUT2D eigenvalue weighted by Gasteiger charge is 2.28. The Morgan fingerprint density at radius 2 is 1.71 bits per heavy atom. The number of nitrogens with zero attached hydrogens (tertiary/aromatic N) is 1. The second-order valence-corrected chi connectivity index (χ2v) is 13.9. The van der Waals surface area contributed by atoms with Gasteiger partial charge < -0.3 is 30.2 Å². The summed E-state index contributed by atoms with van der Waals surface area (Å²) >= 11 is 1.56. The molecule has 1 fully saturated rings. The maximum atomic E-state index is 14.1. The standard InChI is InChI=1S/C37H38N4O7S/c1-37(2,3)48-36(45)39-20-22-7-9-24(10-8-22)40-33(42)27-17-28-30(47-15-13-23-14-16-49-32(23)28)18-26(27)25-11-12-29(41-31(25)35(44)46-4)34(43)38-19-21-5-6-21/h7-12,14,16-18,21H,5-6,13,15,19-20H2,1-4H3,(H,38,43)(H,39,45)(H,40,42). The van der Waals surface area contributed by atoms with Crippen molar-refractivity contribution >= 4 is 40.9 Å². The first kappa shape index (κ1) is 33.7. The zero-order valence-corrected chi connectivity index (χ0v) is 28.6. The monoisotopic (exact) mass is 682 g/mol. The molecule has 1 aliphatic carbocycles. The van der Waals surface area contributed by atoms with Gasteiger partial charge in [-0.05, 0) is 98.5 Å². The van der Waals surface area contributed by atoms with E-state index in [1.807, 2.05) is 5.38 Å². The summed E-state index contributed by atoms with van der Waals surface area (Å²) in [6.45, 7) is 6.63. The Bertz CT molecular complexity index is 1910. The highest BCUT2D eigenvalue weighted by atomic mass is 32.1. The third kappa shape index (κ3) is 8.09. The number of anilines is 1. The van der Waals surface area contributed by atoms with E-state index in [4.69, 9.17) is 14.2 Å². The van der Waals surface area contributed by atoms with Crippen molar-refractivity contribution in [2.75, 3.05) is 25.6 Å². The third-order valence-electron chi connectivity index (χ3n) is 8.08. The van der Waals surface area contributed by atoms with Crippen LogP contribution in [-0.2, 0) is 22.4 Å². The number of pyridine rings is 1. The smallest absolute Gasteiger partial charge is 0.407 e. The van der Waals surface area contributed by atoms with Crippen LogP contribution in [0.2, 0.25) is 0 Å². The van der Waals surface area contributed by atoms with Gasteiger partial charge in [0.15, 0.2) is 5.69 Å². The fourth-order valence-electron chi connectivity index (χ4n) is 5.42. The lowest BCUT2D eigenvalue weighted by molar-refractivity contribution is 0.0522. The SMILES string of the molecule is COC(=O)c1nc(C(=O)NCC2CC2)ccc1-c1cc2c(cc1C(=O)Nc1ccc(CNC(=O)OC(C)(C)C)cc1)-c1sccc1CCO2. The molecule has 3 heterocycles. The van der Waals surface area contributed by atoms with Crippen molar-refractivity contribution in [2.24, 2.45) is 5.92 Å². The Hall–Kier alpha value is -5.23. The van der Waals surface area contributed by atoms with Crippen LogP contribution in [0, 0.1) is 5.92 Å². The largest absolute Gasteiger partial charge is 0.493 e. The highest BCUT2D eigenvalue weighted by molar-refractivity contribution is 7.13. The molecule has 2 aromatic heterocycles. The average molecular weight is 683 g/mol. The maximum absolute atomic E-state index is 14.1. The van der Waals surface area contributed by atoms with Crippen LogP contribution in [0.4, 0.5) is 10.5 Å². The zero-order valence-electron chi connectivity index (χ0n) is 27.8. The number of benzene rings is 2. The number of methoxy groups -OCH3 is 1. The second kappa shape index (κ2) is 14.1. The summed E-state index contributed by atoms with van der Waals surface area (Å²) < 4.78 is 16.5. The van der Waals surface area contributed by atoms with E-state index in [0.717, 1.165) is 34.4 Å². The molecule has 0 bridgehead atoms. The molecule has 1 saturated carbocycles. The molecule has 0 spiro atoms. The lowest BCUT2D eigenvalue weighted by Gasteiger charge is -2.19. The van der Waals surface area contributed by atoms with Crippen molar-refractivity contribution in [1.29, 1.82) is 0 Å².